The van der Waals surface area contributed by atoms with Crippen LogP contribution in [0.4, 0.5) is 0 Å². The first-order valence-electron chi connectivity index (χ1n) is 8.74. The second kappa shape index (κ2) is 8.58. The first kappa shape index (κ1) is 17.4. The van der Waals surface area contributed by atoms with Gasteiger partial charge in [-0.05, 0) is 31.0 Å². The highest BCUT2D eigenvalue weighted by molar-refractivity contribution is 5.84. The van der Waals surface area contributed by atoms with Crippen molar-refractivity contribution >= 4 is 12.2 Å². The Kier molecular flexibility index (Phi) is 5.96. The average molecular weight is 336 g/mol. The highest BCUT2D eigenvalue weighted by atomic mass is 16.5. The summed E-state index contributed by atoms with van der Waals surface area (Å²) in [5.74, 6) is -0.270. The molecule has 2 aromatic carbocycles. The summed E-state index contributed by atoms with van der Waals surface area (Å²) in [7, 11) is 2.09. The number of rotatable bonds is 5. The van der Waals surface area contributed by atoms with Gasteiger partial charge in [0.1, 0.15) is 6.10 Å². The van der Waals surface area contributed by atoms with Gasteiger partial charge in [0.15, 0.2) is 6.04 Å². The number of likely N-dealkylation sites (tertiary alicyclic amines) is 1. The second-order valence-electron chi connectivity index (χ2n) is 6.44. The molecule has 0 amide bonds. The Bertz CT molecular complexity index is 692. The minimum absolute atomic E-state index is 0.0122. The maximum atomic E-state index is 12.8. The fraction of sp³-hybridized carbons (Fsp3) is 0.333. The van der Waals surface area contributed by atoms with Gasteiger partial charge >= 0.3 is 5.97 Å². The lowest BCUT2D eigenvalue weighted by atomic mass is 10.1. The molecule has 1 aliphatic rings. The number of piperidine rings is 1. The van der Waals surface area contributed by atoms with Gasteiger partial charge < -0.3 is 9.64 Å². The van der Waals surface area contributed by atoms with Crippen molar-refractivity contribution < 1.29 is 9.53 Å². The van der Waals surface area contributed by atoms with Crippen LogP contribution in [0.2, 0.25) is 0 Å². The van der Waals surface area contributed by atoms with Crippen molar-refractivity contribution in [2.45, 2.75) is 25.0 Å². The molecule has 2 aromatic rings. The summed E-state index contributed by atoms with van der Waals surface area (Å²) in [6.45, 7) is 1.92. The average Bonchev–Trinajstić information content (AvgIpc) is 2.65. The second-order valence-corrected chi connectivity index (χ2v) is 6.44. The quantitative estimate of drug-likeness (QED) is 0.620. The number of carbonyl (C=O) groups is 1. The van der Waals surface area contributed by atoms with E-state index in [0.717, 1.165) is 37.1 Å². The molecule has 4 nitrogen and oxygen atoms in total. The van der Waals surface area contributed by atoms with E-state index in [1.54, 1.807) is 6.21 Å². The predicted molar refractivity (Wildman–Crippen MR) is 99.8 cm³/mol. The monoisotopic (exact) mass is 336 g/mol. The SMILES string of the molecule is CN1CCC(OC(=O)C(/N=C/c2ccccc2)c2ccccc2)CC1. The molecule has 4 heteroatoms. The van der Waals surface area contributed by atoms with Crippen LogP contribution in [-0.4, -0.2) is 43.3 Å². The van der Waals surface area contributed by atoms with E-state index in [4.69, 9.17) is 4.74 Å². The molecule has 0 aliphatic carbocycles. The highest BCUT2D eigenvalue weighted by Crippen LogP contribution is 2.22. The summed E-state index contributed by atoms with van der Waals surface area (Å²) in [6.07, 6.45) is 3.49. The van der Waals surface area contributed by atoms with Gasteiger partial charge in [-0.1, -0.05) is 60.7 Å². The third-order valence-electron chi connectivity index (χ3n) is 4.46. The van der Waals surface area contributed by atoms with E-state index in [-0.39, 0.29) is 12.1 Å². The fourth-order valence-corrected chi connectivity index (χ4v) is 2.95. The molecule has 3 rings (SSSR count). The standard InChI is InChI=1S/C21H24N2O2/c1-23-14-12-19(13-15-23)25-21(24)20(18-10-6-3-7-11-18)22-16-17-8-4-2-5-9-17/h2-11,16,19-20H,12-15H2,1H3/b22-16+. The van der Waals surface area contributed by atoms with Crippen LogP contribution in [0.15, 0.2) is 65.7 Å². The predicted octanol–water partition coefficient (Wildman–Crippen LogP) is 3.48. The Hall–Kier alpha value is -2.46. The van der Waals surface area contributed by atoms with Crippen LogP contribution in [0.25, 0.3) is 0 Å². The molecule has 130 valence electrons. The molecular weight excluding hydrogens is 312 g/mol. The van der Waals surface area contributed by atoms with Crippen molar-refractivity contribution in [3.63, 3.8) is 0 Å². The molecular formula is C21H24N2O2. The number of carbonyl (C=O) groups excluding carboxylic acids is 1. The van der Waals surface area contributed by atoms with Crippen molar-refractivity contribution in [1.82, 2.24) is 4.90 Å². The van der Waals surface area contributed by atoms with Gasteiger partial charge in [-0.2, -0.15) is 0 Å². The molecule has 1 heterocycles. The number of nitrogens with zero attached hydrogens (tertiary/aromatic N) is 2. The summed E-state index contributed by atoms with van der Waals surface area (Å²) in [5.41, 5.74) is 1.82. The van der Waals surface area contributed by atoms with E-state index in [9.17, 15) is 4.79 Å². The molecule has 0 spiro atoms. The molecule has 1 saturated heterocycles. The van der Waals surface area contributed by atoms with Crippen molar-refractivity contribution in [3.8, 4) is 0 Å². The number of hydrogen-bond acceptors (Lipinski definition) is 4. The summed E-state index contributed by atoms with van der Waals surface area (Å²) < 4.78 is 5.77. The maximum absolute atomic E-state index is 12.8. The summed E-state index contributed by atoms with van der Waals surface area (Å²) in [6, 6.07) is 18.8. The lowest BCUT2D eigenvalue weighted by Gasteiger charge is -2.29. The number of hydrogen-bond donors (Lipinski definition) is 0. The third-order valence-corrected chi connectivity index (χ3v) is 4.46. The lowest BCUT2D eigenvalue weighted by Crippen LogP contribution is -2.36. The van der Waals surface area contributed by atoms with Gasteiger partial charge in [-0.25, -0.2) is 4.79 Å². The Labute approximate surface area is 149 Å². The van der Waals surface area contributed by atoms with Gasteiger partial charge in [0.25, 0.3) is 0 Å². The van der Waals surface area contributed by atoms with Gasteiger partial charge in [0.05, 0.1) is 0 Å². The topological polar surface area (TPSA) is 41.9 Å². The van der Waals surface area contributed by atoms with Crippen molar-refractivity contribution in [2.75, 3.05) is 20.1 Å². The van der Waals surface area contributed by atoms with E-state index >= 15 is 0 Å². The van der Waals surface area contributed by atoms with Crippen LogP contribution in [-0.2, 0) is 9.53 Å². The summed E-state index contributed by atoms with van der Waals surface area (Å²) >= 11 is 0. The molecule has 1 unspecified atom stereocenters. The fourth-order valence-electron chi connectivity index (χ4n) is 2.95. The smallest absolute Gasteiger partial charge is 0.335 e. The van der Waals surface area contributed by atoms with E-state index < -0.39 is 6.04 Å². The number of benzene rings is 2. The molecule has 25 heavy (non-hydrogen) atoms. The Balaban J connectivity index is 1.74. The van der Waals surface area contributed by atoms with Crippen molar-refractivity contribution in [1.29, 1.82) is 0 Å². The maximum Gasteiger partial charge on any atom is 0.335 e. The van der Waals surface area contributed by atoms with Crippen LogP contribution < -0.4 is 0 Å². The molecule has 0 radical (unpaired) electrons. The highest BCUT2D eigenvalue weighted by Gasteiger charge is 2.26. The third kappa shape index (κ3) is 5.00. The minimum atomic E-state index is -0.624. The normalized spacial score (nSPS) is 17.5. The van der Waals surface area contributed by atoms with Crippen LogP contribution >= 0.6 is 0 Å². The number of esters is 1. The van der Waals surface area contributed by atoms with Gasteiger partial charge in [-0.3, -0.25) is 4.99 Å². The molecule has 0 N–H and O–H groups in total. The first-order valence-corrected chi connectivity index (χ1v) is 8.74. The Morgan fingerprint density at radius 3 is 2.32 bits per heavy atom. The van der Waals surface area contributed by atoms with Crippen molar-refractivity contribution in [3.05, 3.63) is 71.8 Å². The largest absolute Gasteiger partial charge is 0.460 e. The minimum Gasteiger partial charge on any atom is -0.460 e. The van der Waals surface area contributed by atoms with Crippen LogP contribution in [0.1, 0.15) is 30.0 Å². The van der Waals surface area contributed by atoms with E-state index in [1.807, 2.05) is 60.7 Å². The number of ether oxygens (including phenoxy) is 1. The number of aliphatic imine (C=N–C) groups is 1. The van der Waals surface area contributed by atoms with E-state index in [1.165, 1.54) is 0 Å². The zero-order valence-electron chi connectivity index (χ0n) is 14.5. The van der Waals surface area contributed by atoms with Crippen molar-refractivity contribution in [2.24, 2.45) is 4.99 Å². The van der Waals surface area contributed by atoms with Gasteiger partial charge in [-0.15, -0.1) is 0 Å². The first-order chi connectivity index (χ1) is 12.2. The molecule has 1 atom stereocenters. The van der Waals surface area contributed by atoms with E-state index in [2.05, 4.69) is 16.9 Å². The Morgan fingerprint density at radius 1 is 1.08 bits per heavy atom. The van der Waals surface area contributed by atoms with Crippen LogP contribution in [0, 0.1) is 0 Å². The van der Waals surface area contributed by atoms with Crippen LogP contribution in [0.3, 0.4) is 0 Å². The zero-order valence-corrected chi connectivity index (χ0v) is 14.5. The summed E-state index contributed by atoms with van der Waals surface area (Å²) in [4.78, 5) is 19.6. The molecule has 1 aliphatic heterocycles. The van der Waals surface area contributed by atoms with Gasteiger partial charge in [0.2, 0.25) is 0 Å². The van der Waals surface area contributed by atoms with Crippen LogP contribution in [0.5, 0.6) is 0 Å². The lowest BCUT2D eigenvalue weighted by molar-refractivity contribution is -0.152. The molecule has 0 saturated carbocycles. The van der Waals surface area contributed by atoms with E-state index in [0.29, 0.717) is 0 Å². The molecule has 1 fully saturated rings. The molecule has 0 aromatic heterocycles. The molecule has 0 bridgehead atoms. The Morgan fingerprint density at radius 2 is 1.68 bits per heavy atom. The summed E-state index contributed by atoms with van der Waals surface area (Å²) in [5, 5.41) is 0. The van der Waals surface area contributed by atoms with Gasteiger partial charge in [0, 0.05) is 19.3 Å². The zero-order chi connectivity index (χ0) is 17.5.